The van der Waals surface area contributed by atoms with Crippen molar-refractivity contribution < 1.29 is 9.53 Å². The molecule has 3 rings (SSSR count). The fourth-order valence-electron chi connectivity index (χ4n) is 2.69. The molecule has 0 aliphatic carbocycles. The topological polar surface area (TPSA) is 39.2 Å². The van der Waals surface area contributed by atoms with E-state index in [0.717, 1.165) is 41.6 Å². The van der Waals surface area contributed by atoms with Gasteiger partial charge in [0.1, 0.15) is 0 Å². The van der Waals surface area contributed by atoms with E-state index in [1.165, 1.54) is 6.42 Å². The van der Waals surface area contributed by atoms with Crippen LogP contribution in [-0.2, 0) is 4.74 Å². The molecule has 0 spiro atoms. The quantitative estimate of drug-likeness (QED) is 0.798. The third kappa shape index (κ3) is 2.88. The maximum Gasteiger partial charge on any atom is 0.165 e. The zero-order valence-corrected chi connectivity index (χ0v) is 11.8. The van der Waals surface area contributed by atoms with E-state index in [9.17, 15) is 4.79 Å². The second-order valence-electron chi connectivity index (χ2n) is 5.48. The summed E-state index contributed by atoms with van der Waals surface area (Å²) >= 11 is 0. The van der Waals surface area contributed by atoms with Crippen LogP contribution >= 0.6 is 0 Å². The number of carbonyl (C=O) groups excluding carboxylic acids is 1. The van der Waals surface area contributed by atoms with Crippen LogP contribution in [0.3, 0.4) is 0 Å². The molecule has 1 aliphatic heterocycles. The molecule has 3 nitrogen and oxygen atoms in total. The van der Waals surface area contributed by atoms with E-state index in [1.807, 2.05) is 37.3 Å². The van der Waals surface area contributed by atoms with Crippen molar-refractivity contribution in [1.29, 1.82) is 0 Å². The Bertz CT molecular complexity index is 630. The lowest BCUT2D eigenvalue weighted by Crippen LogP contribution is -2.22. The van der Waals surface area contributed by atoms with Crippen molar-refractivity contribution in [3.05, 3.63) is 41.6 Å². The number of aryl methyl sites for hydroxylation is 1. The molecule has 0 saturated carbocycles. The van der Waals surface area contributed by atoms with Gasteiger partial charge in [-0.05, 0) is 50.5 Å². The predicted octanol–water partition coefficient (Wildman–Crippen LogP) is 3.69. The Morgan fingerprint density at radius 1 is 1.30 bits per heavy atom. The van der Waals surface area contributed by atoms with Crippen molar-refractivity contribution in [3.63, 3.8) is 0 Å². The summed E-state index contributed by atoms with van der Waals surface area (Å²) in [6, 6.07) is 9.73. The van der Waals surface area contributed by atoms with E-state index in [2.05, 4.69) is 4.98 Å². The number of ketones is 1. The molecule has 0 N–H and O–H groups in total. The Kier molecular flexibility index (Phi) is 3.79. The van der Waals surface area contributed by atoms with Gasteiger partial charge in [0.2, 0.25) is 0 Å². The number of aromatic nitrogens is 1. The Balaban J connectivity index is 1.78. The molecule has 1 unspecified atom stereocenters. The zero-order chi connectivity index (χ0) is 13.9. The average molecular weight is 269 g/mol. The first-order valence-electron chi connectivity index (χ1n) is 7.24. The highest BCUT2D eigenvalue weighted by molar-refractivity contribution is 5.99. The first-order chi connectivity index (χ1) is 9.72. The Morgan fingerprint density at radius 2 is 2.20 bits per heavy atom. The highest BCUT2D eigenvalue weighted by Crippen LogP contribution is 2.20. The molecule has 1 aromatic carbocycles. The highest BCUT2D eigenvalue weighted by Gasteiger charge is 2.18. The molecular formula is C17H19NO2. The molecular weight excluding hydrogens is 250 g/mol. The highest BCUT2D eigenvalue weighted by atomic mass is 16.5. The zero-order valence-electron chi connectivity index (χ0n) is 11.8. The van der Waals surface area contributed by atoms with Gasteiger partial charge in [0.05, 0.1) is 11.6 Å². The molecule has 20 heavy (non-hydrogen) atoms. The van der Waals surface area contributed by atoms with Crippen LogP contribution in [-0.4, -0.2) is 23.5 Å². The fourth-order valence-corrected chi connectivity index (χ4v) is 2.69. The first kappa shape index (κ1) is 13.3. The number of hydrogen-bond donors (Lipinski definition) is 0. The fraction of sp³-hybridized carbons (Fsp3) is 0.412. The number of pyridine rings is 1. The second-order valence-corrected chi connectivity index (χ2v) is 5.48. The van der Waals surface area contributed by atoms with Crippen LogP contribution in [0.2, 0.25) is 0 Å². The van der Waals surface area contributed by atoms with Crippen LogP contribution in [0.1, 0.15) is 41.7 Å². The monoisotopic (exact) mass is 269 g/mol. The third-order valence-electron chi connectivity index (χ3n) is 3.84. The second kappa shape index (κ2) is 5.71. The predicted molar refractivity (Wildman–Crippen MR) is 79.0 cm³/mol. The van der Waals surface area contributed by atoms with Crippen molar-refractivity contribution in [2.75, 3.05) is 6.61 Å². The minimum atomic E-state index is 0.100. The molecule has 1 aromatic heterocycles. The lowest BCUT2D eigenvalue weighted by Gasteiger charge is -2.21. The standard InChI is InChI=1S/C17H19NO2/c1-12-5-6-13-10-14(7-8-16(13)18-12)17(19)11-15-4-2-3-9-20-15/h5-8,10,15H,2-4,9,11H2,1H3. The molecule has 2 heterocycles. The lowest BCUT2D eigenvalue weighted by atomic mass is 9.99. The van der Waals surface area contributed by atoms with Crippen LogP contribution in [0, 0.1) is 6.92 Å². The number of rotatable bonds is 3. The van der Waals surface area contributed by atoms with Gasteiger partial charge in [-0.1, -0.05) is 6.07 Å². The number of fused-ring (bicyclic) bond motifs is 1. The summed E-state index contributed by atoms with van der Waals surface area (Å²) in [6.07, 6.45) is 3.87. The Hall–Kier alpha value is -1.74. The summed E-state index contributed by atoms with van der Waals surface area (Å²) in [4.78, 5) is 16.8. The summed E-state index contributed by atoms with van der Waals surface area (Å²) in [6.45, 7) is 2.76. The van der Waals surface area contributed by atoms with Gasteiger partial charge in [-0.25, -0.2) is 0 Å². The number of hydrogen-bond acceptors (Lipinski definition) is 3. The maximum absolute atomic E-state index is 12.3. The van der Waals surface area contributed by atoms with Crippen LogP contribution in [0.4, 0.5) is 0 Å². The maximum atomic E-state index is 12.3. The van der Waals surface area contributed by atoms with Crippen LogP contribution in [0.15, 0.2) is 30.3 Å². The first-order valence-corrected chi connectivity index (χ1v) is 7.24. The number of carbonyl (C=O) groups is 1. The SMILES string of the molecule is Cc1ccc2cc(C(=O)CC3CCCCO3)ccc2n1. The van der Waals surface area contributed by atoms with E-state index in [4.69, 9.17) is 4.74 Å². The van der Waals surface area contributed by atoms with Crippen molar-refractivity contribution >= 4 is 16.7 Å². The minimum Gasteiger partial charge on any atom is -0.378 e. The average Bonchev–Trinajstić information content (AvgIpc) is 2.47. The third-order valence-corrected chi connectivity index (χ3v) is 3.84. The summed E-state index contributed by atoms with van der Waals surface area (Å²) < 4.78 is 5.64. The molecule has 1 aliphatic rings. The number of nitrogens with zero attached hydrogens (tertiary/aromatic N) is 1. The number of benzene rings is 1. The van der Waals surface area contributed by atoms with Crippen LogP contribution < -0.4 is 0 Å². The van der Waals surface area contributed by atoms with Gasteiger partial charge in [-0.3, -0.25) is 9.78 Å². The van der Waals surface area contributed by atoms with Crippen LogP contribution in [0.25, 0.3) is 10.9 Å². The summed E-state index contributed by atoms with van der Waals surface area (Å²) in [5.41, 5.74) is 2.69. The van der Waals surface area contributed by atoms with Gasteiger partial charge in [0, 0.05) is 29.7 Å². The molecule has 3 heteroatoms. The Labute approximate surface area is 119 Å². The van der Waals surface area contributed by atoms with Gasteiger partial charge in [0.25, 0.3) is 0 Å². The van der Waals surface area contributed by atoms with Crippen molar-refractivity contribution in [2.24, 2.45) is 0 Å². The van der Waals surface area contributed by atoms with E-state index >= 15 is 0 Å². The molecule has 0 radical (unpaired) electrons. The minimum absolute atomic E-state index is 0.100. The van der Waals surface area contributed by atoms with Gasteiger partial charge in [-0.2, -0.15) is 0 Å². The van der Waals surface area contributed by atoms with E-state index < -0.39 is 0 Å². The molecule has 1 atom stereocenters. The molecule has 1 fully saturated rings. The normalized spacial score (nSPS) is 19.1. The van der Waals surface area contributed by atoms with Crippen LogP contribution in [0.5, 0.6) is 0 Å². The molecule has 0 bridgehead atoms. The van der Waals surface area contributed by atoms with Gasteiger partial charge >= 0.3 is 0 Å². The van der Waals surface area contributed by atoms with Crippen molar-refractivity contribution in [2.45, 2.75) is 38.7 Å². The largest absolute Gasteiger partial charge is 0.378 e. The molecule has 0 amide bonds. The lowest BCUT2D eigenvalue weighted by molar-refractivity contribution is 0.0129. The molecule has 104 valence electrons. The smallest absolute Gasteiger partial charge is 0.165 e. The number of Topliss-reactive ketones (excluding diaryl/α,β-unsaturated/α-hetero) is 1. The summed E-state index contributed by atoms with van der Waals surface area (Å²) in [5, 5.41) is 1.02. The van der Waals surface area contributed by atoms with Gasteiger partial charge in [-0.15, -0.1) is 0 Å². The van der Waals surface area contributed by atoms with E-state index in [-0.39, 0.29) is 11.9 Å². The summed E-state index contributed by atoms with van der Waals surface area (Å²) in [5.74, 6) is 0.166. The Morgan fingerprint density at radius 3 is 3.00 bits per heavy atom. The number of ether oxygens (including phenoxy) is 1. The van der Waals surface area contributed by atoms with Crippen molar-refractivity contribution in [3.8, 4) is 0 Å². The van der Waals surface area contributed by atoms with Gasteiger partial charge in [0.15, 0.2) is 5.78 Å². The summed E-state index contributed by atoms with van der Waals surface area (Å²) in [7, 11) is 0. The molecule has 2 aromatic rings. The van der Waals surface area contributed by atoms with Gasteiger partial charge < -0.3 is 4.74 Å². The van der Waals surface area contributed by atoms with E-state index in [0.29, 0.717) is 6.42 Å². The molecule has 1 saturated heterocycles. The van der Waals surface area contributed by atoms with Crippen molar-refractivity contribution in [1.82, 2.24) is 4.98 Å². The van der Waals surface area contributed by atoms with E-state index in [1.54, 1.807) is 0 Å².